The topological polar surface area (TPSA) is 115 Å². The van der Waals surface area contributed by atoms with Gasteiger partial charge in [0, 0.05) is 30.7 Å². The van der Waals surface area contributed by atoms with Crippen LogP contribution in [0.2, 0.25) is 0 Å². The molecule has 0 aliphatic heterocycles. The van der Waals surface area contributed by atoms with Crippen molar-refractivity contribution in [1.82, 2.24) is 20.4 Å². The lowest BCUT2D eigenvalue weighted by Crippen LogP contribution is -2.53. The van der Waals surface area contributed by atoms with Crippen LogP contribution in [0.5, 0.6) is 5.88 Å². The molecule has 9 heteroatoms. The molecule has 1 aromatic rings. The van der Waals surface area contributed by atoms with E-state index in [-0.39, 0.29) is 36.3 Å². The fourth-order valence-electron chi connectivity index (χ4n) is 4.82. The van der Waals surface area contributed by atoms with Crippen LogP contribution in [0.1, 0.15) is 64.2 Å². The van der Waals surface area contributed by atoms with Gasteiger partial charge >= 0.3 is 6.09 Å². The summed E-state index contributed by atoms with van der Waals surface area (Å²) in [6.07, 6.45) is 9.45. The molecule has 2 aliphatic carbocycles. The van der Waals surface area contributed by atoms with Crippen LogP contribution in [0.15, 0.2) is 23.9 Å². The number of alkyl carbamates (subject to hydrolysis) is 1. The Labute approximate surface area is 207 Å². The number of allylic oxidation sites excluding steroid dienone is 1. The molecule has 9 nitrogen and oxygen atoms in total. The van der Waals surface area contributed by atoms with E-state index in [2.05, 4.69) is 33.5 Å². The SMILES string of the molecule is CCC1CC=C2C(C[C@@H]2CO)[C@@H]1NC(=O)c1cnn(/C=C/C(C)(C)NC(=O)OC)c1OCC(C)C. The number of aromatic nitrogens is 2. The van der Waals surface area contributed by atoms with Gasteiger partial charge in [0.1, 0.15) is 5.56 Å². The molecule has 2 amide bonds. The van der Waals surface area contributed by atoms with Gasteiger partial charge in [-0.1, -0.05) is 38.8 Å². The molecule has 1 heterocycles. The van der Waals surface area contributed by atoms with Crippen LogP contribution in [-0.2, 0) is 4.74 Å². The first kappa shape index (κ1) is 26.8. The van der Waals surface area contributed by atoms with Crippen molar-refractivity contribution >= 4 is 18.2 Å². The number of fused-ring (bicyclic) bond motifs is 1. The summed E-state index contributed by atoms with van der Waals surface area (Å²) in [6.45, 7) is 10.5. The third kappa shape index (κ3) is 6.25. The second kappa shape index (κ2) is 11.3. The number of amides is 2. The van der Waals surface area contributed by atoms with E-state index in [9.17, 15) is 14.7 Å². The lowest BCUT2D eigenvalue weighted by Gasteiger charge is -2.48. The Morgan fingerprint density at radius 1 is 1.37 bits per heavy atom. The lowest BCUT2D eigenvalue weighted by atomic mass is 9.60. The highest BCUT2D eigenvalue weighted by Crippen LogP contribution is 2.48. The molecule has 0 saturated heterocycles. The van der Waals surface area contributed by atoms with E-state index in [1.54, 1.807) is 12.3 Å². The molecule has 1 aromatic heterocycles. The normalized spacial score (nSPS) is 23.9. The van der Waals surface area contributed by atoms with Crippen LogP contribution >= 0.6 is 0 Å². The number of carbonyl (C=O) groups excluding carboxylic acids is 2. The van der Waals surface area contributed by atoms with E-state index in [1.807, 2.05) is 27.7 Å². The van der Waals surface area contributed by atoms with Crippen molar-refractivity contribution < 1.29 is 24.2 Å². The van der Waals surface area contributed by atoms with Crippen LogP contribution < -0.4 is 15.4 Å². The first-order chi connectivity index (χ1) is 16.6. The zero-order valence-electron chi connectivity index (χ0n) is 21.7. The summed E-state index contributed by atoms with van der Waals surface area (Å²) in [7, 11) is 1.31. The summed E-state index contributed by atoms with van der Waals surface area (Å²) in [6, 6.07) is 0.0235. The Morgan fingerprint density at radius 3 is 2.74 bits per heavy atom. The number of methoxy groups -OCH3 is 1. The van der Waals surface area contributed by atoms with E-state index in [0.29, 0.717) is 24.0 Å². The first-order valence-corrected chi connectivity index (χ1v) is 12.5. The van der Waals surface area contributed by atoms with Crippen LogP contribution in [0.4, 0.5) is 4.79 Å². The molecule has 3 N–H and O–H groups in total. The molecule has 0 radical (unpaired) electrons. The number of aliphatic hydroxyl groups is 1. The minimum Gasteiger partial charge on any atom is -0.477 e. The average Bonchev–Trinajstić information content (AvgIpc) is 3.20. The van der Waals surface area contributed by atoms with Gasteiger partial charge in [-0.25, -0.2) is 9.48 Å². The molecule has 3 rings (SSSR count). The van der Waals surface area contributed by atoms with E-state index in [0.717, 1.165) is 19.3 Å². The summed E-state index contributed by atoms with van der Waals surface area (Å²) in [5.74, 6) is 1.26. The molecule has 1 fully saturated rings. The molecule has 0 spiro atoms. The van der Waals surface area contributed by atoms with Gasteiger partial charge in [0.2, 0.25) is 5.88 Å². The predicted octanol–water partition coefficient (Wildman–Crippen LogP) is 3.61. The quantitative estimate of drug-likeness (QED) is 0.434. The number of ether oxygens (including phenoxy) is 2. The van der Waals surface area contributed by atoms with Crippen molar-refractivity contribution in [3.05, 3.63) is 29.5 Å². The minimum atomic E-state index is -0.705. The van der Waals surface area contributed by atoms with Crippen molar-refractivity contribution in [3.8, 4) is 5.88 Å². The zero-order valence-corrected chi connectivity index (χ0v) is 21.7. The maximum absolute atomic E-state index is 13.5. The van der Waals surface area contributed by atoms with Crippen molar-refractivity contribution in [2.75, 3.05) is 20.3 Å². The van der Waals surface area contributed by atoms with Crippen LogP contribution in [0, 0.1) is 23.7 Å². The molecule has 2 aliphatic rings. The number of nitrogens with zero attached hydrogens (tertiary/aromatic N) is 2. The minimum absolute atomic E-state index is 0.0235. The smallest absolute Gasteiger partial charge is 0.407 e. The third-order valence-corrected chi connectivity index (χ3v) is 6.87. The fraction of sp³-hybridized carbons (Fsp3) is 0.654. The first-order valence-electron chi connectivity index (χ1n) is 12.5. The van der Waals surface area contributed by atoms with Crippen molar-refractivity contribution in [2.45, 2.75) is 65.5 Å². The molecule has 35 heavy (non-hydrogen) atoms. The van der Waals surface area contributed by atoms with Crippen LogP contribution in [-0.4, -0.2) is 58.8 Å². The average molecular weight is 489 g/mol. The van der Waals surface area contributed by atoms with Gasteiger partial charge in [-0.05, 0) is 44.6 Å². The Balaban J connectivity index is 1.82. The van der Waals surface area contributed by atoms with E-state index >= 15 is 0 Å². The maximum atomic E-state index is 13.5. The lowest BCUT2D eigenvalue weighted by molar-refractivity contribution is 0.0813. The largest absolute Gasteiger partial charge is 0.477 e. The second-order valence-corrected chi connectivity index (χ2v) is 10.5. The molecule has 4 atom stereocenters. The Hall–Kier alpha value is -2.81. The van der Waals surface area contributed by atoms with Gasteiger partial charge < -0.3 is 25.2 Å². The van der Waals surface area contributed by atoms with Crippen molar-refractivity contribution in [2.24, 2.45) is 23.7 Å². The van der Waals surface area contributed by atoms with Crippen LogP contribution in [0.25, 0.3) is 6.20 Å². The molecular weight excluding hydrogens is 448 g/mol. The van der Waals surface area contributed by atoms with E-state index in [4.69, 9.17) is 4.74 Å². The Bertz CT molecular complexity index is 965. The summed E-state index contributed by atoms with van der Waals surface area (Å²) in [4.78, 5) is 25.1. The number of hydrogen-bond donors (Lipinski definition) is 3. The monoisotopic (exact) mass is 488 g/mol. The molecule has 0 bridgehead atoms. The predicted molar refractivity (Wildman–Crippen MR) is 134 cm³/mol. The maximum Gasteiger partial charge on any atom is 0.407 e. The Morgan fingerprint density at radius 2 is 2.11 bits per heavy atom. The van der Waals surface area contributed by atoms with Crippen molar-refractivity contribution in [3.63, 3.8) is 0 Å². The summed E-state index contributed by atoms with van der Waals surface area (Å²) in [5, 5.41) is 20.0. The number of hydrogen-bond acceptors (Lipinski definition) is 6. The molecule has 194 valence electrons. The van der Waals surface area contributed by atoms with Crippen LogP contribution in [0.3, 0.4) is 0 Å². The molecule has 2 unspecified atom stereocenters. The highest BCUT2D eigenvalue weighted by atomic mass is 16.5. The third-order valence-electron chi connectivity index (χ3n) is 6.87. The second-order valence-electron chi connectivity index (χ2n) is 10.5. The van der Waals surface area contributed by atoms with Gasteiger partial charge in [0.25, 0.3) is 5.91 Å². The zero-order chi connectivity index (χ0) is 25.8. The summed E-state index contributed by atoms with van der Waals surface area (Å²) >= 11 is 0. The standard InChI is InChI=1S/C26H40N4O5/c1-7-17-8-9-19-18(14-31)12-20(19)22(17)28-23(32)21-13-27-30(24(21)35-15-16(2)3)11-10-26(4,5)29-25(33)34-6/h9-11,13,16-18,20,22,31H,7-8,12,14-15H2,1-6H3,(H,28,32)(H,29,33)/b11-10+/t17?,18-,20?,22-/m1/s1. The number of aliphatic hydroxyl groups excluding tert-OH is 1. The van der Waals surface area contributed by atoms with Gasteiger partial charge in [-0.3, -0.25) is 4.79 Å². The summed E-state index contributed by atoms with van der Waals surface area (Å²) in [5.41, 5.74) is 0.944. The highest BCUT2D eigenvalue weighted by Gasteiger charge is 2.45. The number of carbonyl (C=O) groups is 2. The number of rotatable bonds is 10. The summed E-state index contributed by atoms with van der Waals surface area (Å²) < 4.78 is 12.2. The fourth-order valence-corrected chi connectivity index (χ4v) is 4.82. The van der Waals surface area contributed by atoms with E-state index in [1.165, 1.54) is 23.6 Å². The van der Waals surface area contributed by atoms with Crippen molar-refractivity contribution in [1.29, 1.82) is 0 Å². The van der Waals surface area contributed by atoms with E-state index < -0.39 is 11.6 Å². The molecule has 1 saturated carbocycles. The van der Waals surface area contributed by atoms with Gasteiger partial charge in [-0.15, -0.1) is 0 Å². The van der Waals surface area contributed by atoms with Gasteiger partial charge in [-0.2, -0.15) is 5.10 Å². The van der Waals surface area contributed by atoms with Gasteiger partial charge in [0.15, 0.2) is 0 Å². The van der Waals surface area contributed by atoms with Gasteiger partial charge in [0.05, 0.1) is 25.5 Å². The highest BCUT2D eigenvalue weighted by molar-refractivity contribution is 5.96. The molecular formula is C26H40N4O5. The number of nitrogens with one attached hydrogen (secondary N) is 2. The Kier molecular flexibility index (Phi) is 8.64. The molecule has 0 aromatic carbocycles.